The van der Waals surface area contributed by atoms with Crippen LogP contribution in [-0.4, -0.2) is 22.5 Å². The van der Waals surface area contributed by atoms with Gasteiger partial charge in [-0.05, 0) is 38.4 Å². The van der Waals surface area contributed by atoms with Gasteiger partial charge in [-0.1, -0.05) is 12.8 Å². The lowest BCUT2D eigenvalue weighted by Gasteiger charge is -2.26. The van der Waals surface area contributed by atoms with E-state index in [9.17, 15) is 0 Å². The zero-order valence-electron chi connectivity index (χ0n) is 10.5. The predicted molar refractivity (Wildman–Crippen MR) is 70.4 cm³/mol. The van der Waals surface area contributed by atoms with Crippen LogP contribution in [-0.2, 0) is 6.54 Å². The molecule has 1 atom stereocenters. The predicted octanol–water partition coefficient (Wildman–Crippen LogP) is 2.13. The van der Waals surface area contributed by atoms with Crippen LogP contribution < -0.4 is 11.3 Å². The second-order valence-electron chi connectivity index (χ2n) is 4.85. The summed E-state index contributed by atoms with van der Waals surface area (Å²) in [6, 6.07) is 4.57. The number of pyridine rings is 1. The molecule has 0 aliphatic carbocycles. The number of aromatic nitrogens is 1. The first-order chi connectivity index (χ1) is 8.29. The Morgan fingerprint density at radius 2 is 2.35 bits per heavy atom. The summed E-state index contributed by atoms with van der Waals surface area (Å²) in [4.78, 5) is 6.93. The van der Waals surface area contributed by atoms with E-state index in [4.69, 9.17) is 5.84 Å². The van der Waals surface area contributed by atoms with Crippen LogP contribution in [0.4, 0.5) is 5.69 Å². The topological polar surface area (TPSA) is 54.2 Å². The molecule has 1 saturated heterocycles. The van der Waals surface area contributed by atoms with Crippen LogP contribution in [0.2, 0.25) is 0 Å². The highest BCUT2D eigenvalue weighted by Crippen LogP contribution is 2.19. The molecular formula is C13H22N4. The Hall–Kier alpha value is -1.13. The van der Waals surface area contributed by atoms with Crippen molar-refractivity contribution in [3.63, 3.8) is 0 Å². The molecule has 0 radical (unpaired) electrons. The van der Waals surface area contributed by atoms with Crippen molar-refractivity contribution < 1.29 is 0 Å². The van der Waals surface area contributed by atoms with Crippen molar-refractivity contribution in [2.45, 2.75) is 45.2 Å². The number of anilines is 1. The molecule has 0 spiro atoms. The average molecular weight is 234 g/mol. The van der Waals surface area contributed by atoms with E-state index < -0.39 is 0 Å². The molecule has 1 fully saturated rings. The second kappa shape index (κ2) is 5.98. The second-order valence-corrected chi connectivity index (χ2v) is 4.85. The summed E-state index contributed by atoms with van der Waals surface area (Å²) in [6.07, 6.45) is 7.13. The normalized spacial score (nSPS) is 22.1. The van der Waals surface area contributed by atoms with Gasteiger partial charge in [0.25, 0.3) is 0 Å². The molecular weight excluding hydrogens is 212 g/mol. The molecule has 1 aliphatic heterocycles. The van der Waals surface area contributed by atoms with E-state index in [2.05, 4.69) is 22.2 Å². The summed E-state index contributed by atoms with van der Waals surface area (Å²) in [7, 11) is 0. The number of likely N-dealkylation sites (tertiary alicyclic amines) is 1. The smallest absolute Gasteiger partial charge is 0.0565 e. The number of hydrazine groups is 1. The molecule has 94 valence electrons. The molecule has 1 unspecified atom stereocenters. The third-order valence-electron chi connectivity index (χ3n) is 3.54. The highest BCUT2D eigenvalue weighted by Gasteiger charge is 2.17. The van der Waals surface area contributed by atoms with Crippen molar-refractivity contribution in [3.05, 3.63) is 24.0 Å². The van der Waals surface area contributed by atoms with Crippen LogP contribution in [0.1, 0.15) is 38.3 Å². The van der Waals surface area contributed by atoms with Crippen LogP contribution in [0.15, 0.2) is 18.3 Å². The van der Waals surface area contributed by atoms with Crippen LogP contribution in [0, 0.1) is 0 Å². The van der Waals surface area contributed by atoms with E-state index in [0.717, 1.165) is 17.9 Å². The fourth-order valence-corrected chi connectivity index (χ4v) is 2.43. The molecule has 4 heteroatoms. The Balaban J connectivity index is 2.02. The van der Waals surface area contributed by atoms with E-state index >= 15 is 0 Å². The number of rotatable bonds is 3. The summed E-state index contributed by atoms with van der Waals surface area (Å²) in [6.45, 7) is 4.43. The molecule has 1 aliphatic rings. The van der Waals surface area contributed by atoms with Crippen molar-refractivity contribution in [1.29, 1.82) is 0 Å². The van der Waals surface area contributed by atoms with Crippen LogP contribution in [0.25, 0.3) is 0 Å². The minimum atomic E-state index is 0.661. The average Bonchev–Trinajstić information content (AvgIpc) is 2.55. The maximum atomic E-state index is 5.41. The molecule has 0 amide bonds. The van der Waals surface area contributed by atoms with Crippen molar-refractivity contribution in [2.24, 2.45) is 5.84 Å². The first kappa shape index (κ1) is 12.3. The Kier molecular flexibility index (Phi) is 4.34. The van der Waals surface area contributed by atoms with Crippen molar-refractivity contribution in [3.8, 4) is 0 Å². The fraction of sp³-hybridized carbons (Fsp3) is 0.615. The summed E-state index contributed by atoms with van der Waals surface area (Å²) in [5.41, 5.74) is 4.69. The maximum Gasteiger partial charge on any atom is 0.0565 e. The highest BCUT2D eigenvalue weighted by molar-refractivity contribution is 5.41. The zero-order valence-corrected chi connectivity index (χ0v) is 10.5. The summed E-state index contributed by atoms with van der Waals surface area (Å²) >= 11 is 0. The molecule has 2 rings (SSSR count). The van der Waals surface area contributed by atoms with Crippen molar-refractivity contribution >= 4 is 5.69 Å². The first-order valence-corrected chi connectivity index (χ1v) is 6.45. The maximum absolute atomic E-state index is 5.41. The van der Waals surface area contributed by atoms with Gasteiger partial charge in [0.05, 0.1) is 11.4 Å². The van der Waals surface area contributed by atoms with Gasteiger partial charge in [-0.15, -0.1) is 0 Å². The molecule has 4 nitrogen and oxygen atoms in total. The quantitative estimate of drug-likeness (QED) is 0.621. The molecule has 1 aromatic rings. The van der Waals surface area contributed by atoms with E-state index in [1.54, 1.807) is 0 Å². The summed E-state index contributed by atoms with van der Waals surface area (Å²) < 4.78 is 0. The lowest BCUT2D eigenvalue weighted by atomic mass is 10.1. The standard InChI is InChI=1S/C13H22N4/c1-11-5-3-2-4-8-17(11)10-13-9-12(16-14)6-7-15-13/h6-7,9,11H,2-5,8,10,14H2,1H3,(H,15,16). The van der Waals surface area contributed by atoms with Crippen molar-refractivity contribution in [1.82, 2.24) is 9.88 Å². The van der Waals surface area contributed by atoms with Crippen molar-refractivity contribution in [2.75, 3.05) is 12.0 Å². The Morgan fingerprint density at radius 1 is 1.47 bits per heavy atom. The molecule has 2 heterocycles. The summed E-state index contributed by atoms with van der Waals surface area (Å²) in [5, 5.41) is 0. The molecule has 0 saturated carbocycles. The van der Waals surface area contributed by atoms with Gasteiger partial charge >= 0.3 is 0 Å². The Labute approximate surface area is 103 Å². The van der Waals surface area contributed by atoms with E-state index in [1.165, 1.54) is 32.2 Å². The monoisotopic (exact) mass is 234 g/mol. The van der Waals surface area contributed by atoms with E-state index in [-0.39, 0.29) is 0 Å². The number of nitrogen functional groups attached to an aromatic ring is 1. The van der Waals surface area contributed by atoms with Gasteiger partial charge in [0.2, 0.25) is 0 Å². The zero-order chi connectivity index (χ0) is 12.1. The summed E-state index contributed by atoms with van der Waals surface area (Å²) in [5.74, 6) is 5.41. The number of hydrogen-bond donors (Lipinski definition) is 2. The van der Waals surface area contributed by atoms with Crippen LogP contribution in [0.5, 0.6) is 0 Å². The molecule has 0 aromatic carbocycles. The number of nitrogens with one attached hydrogen (secondary N) is 1. The third kappa shape index (κ3) is 3.41. The SMILES string of the molecule is CC1CCCCCN1Cc1cc(NN)ccn1. The minimum Gasteiger partial charge on any atom is -0.324 e. The van der Waals surface area contributed by atoms with Gasteiger partial charge in [0, 0.05) is 18.8 Å². The third-order valence-corrected chi connectivity index (χ3v) is 3.54. The van der Waals surface area contributed by atoms with Gasteiger partial charge in [0.15, 0.2) is 0 Å². The fourth-order valence-electron chi connectivity index (χ4n) is 2.43. The Bertz CT molecular complexity index is 353. The molecule has 3 N–H and O–H groups in total. The number of hydrogen-bond acceptors (Lipinski definition) is 4. The first-order valence-electron chi connectivity index (χ1n) is 6.45. The van der Waals surface area contributed by atoms with Crippen LogP contribution >= 0.6 is 0 Å². The van der Waals surface area contributed by atoms with Gasteiger partial charge in [-0.2, -0.15) is 0 Å². The van der Waals surface area contributed by atoms with E-state index in [1.807, 2.05) is 18.3 Å². The highest BCUT2D eigenvalue weighted by atomic mass is 15.2. The van der Waals surface area contributed by atoms with Gasteiger partial charge in [-0.25, -0.2) is 0 Å². The number of nitrogens with zero attached hydrogens (tertiary/aromatic N) is 2. The Morgan fingerprint density at radius 3 is 3.18 bits per heavy atom. The minimum absolute atomic E-state index is 0.661. The molecule has 1 aromatic heterocycles. The lowest BCUT2D eigenvalue weighted by molar-refractivity contribution is 0.202. The largest absolute Gasteiger partial charge is 0.324 e. The molecule has 0 bridgehead atoms. The van der Waals surface area contributed by atoms with Gasteiger partial charge in [-0.3, -0.25) is 15.7 Å². The lowest BCUT2D eigenvalue weighted by Crippen LogP contribution is -2.32. The van der Waals surface area contributed by atoms with Crippen LogP contribution in [0.3, 0.4) is 0 Å². The van der Waals surface area contributed by atoms with Gasteiger partial charge in [0.1, 0.15) is 0 Å². The van der Waals surface area contributed by atoms with E-state index in [0.29, 0.717) is 6.04 Å². The van der Waals surface area contributed by atoms with Gasteiger partial charge < -0.3 is 5.43 Å². The number of nitrogens with two attached hydrogens (primary N) is 1. The molecule has 17 heavy (non-hydrogen) atoms.